The van der Waals surface area contributed by atoms with Crippen LogP contribution in [0.25, 0.3) is 10.8 Å². The van der Waals surface area contributed by atoms with Gasteiger partial charge in [-0.15, -0.1) is 0 Å². The van der Waals surface area contributed by atoms with E-state index in [1.54, 1.807) is 6.07 Å². The Morgan fingerprint density at radius 3 is 2.43 bits per heavy atom. The van der Waals surface area contributed by atoms with Crippen molar-refractivity contribution in [3.05, 3.63) is 83.4 Å². The first-order chi connectivity index (χ1) is 13.5. The van der Waals surface area contributed by atoms with Gasteiger partial charge in [0, 0.05) is 25.9 Å². The molecule has 5 heteroatoms. The smallest absolute Gasteiger partial charge is 0.328 e. The van der Waals surface area contributed by atoms with Gasteiger partial charge in [-0.3, -0.25) is 4.79 Å². The molecular weight excluding hydrogens is 354 g/mol. The second-order valence-electron chi connectivity index (χ2n) is 6.91. The van der Waals surface area contributed by atoms with E-state index in [1.807, 2.05) is 73.6 Å². The lowest BCUT2D eigenvalue weighted by atomic mass is 9.88. The summed E-state index contributed by atoms with van der Waals surface area (Å²) in [6.07, 6.45) is 0.186. The number of carboxylic acids is 1. The lowest BCUT2D eigenvalue weighted by Crippen LogP contribution is -2.25. The fraction of sp³-hybridized carbons (Fsp3) is 0.130. The summed E-state index contributed by atoms with van der Waals surface area (Å²) < 4.78 is 6.14. The number of aliphatic carboxylic acids is 1. The summed E-state index contributed by atoms with van der Waals surface area (Å²) in [5.74, 6) is -1.03. The highest BCUT2D eigenvalue weighted by molar-refractivity contribution is 6.20. The zero-order valence-electron chi connectivity index (χ0n) is 15.5. The van der Waals surface area contributed by atoms with Crippen LogP contribution in [-0.4, -0.2) is 31.0 Å². The van der Waals surface area contributed by atoms with E-state index >= 15 is 0 Å². The van der Waals surface area contributed by atoms with Crippen LogP contribution in [0.5, 0.6) is 5.75 Å². The van der Waals surface area contributed by atoms with Crippen LogP contribution in [0.1, 0.15) is 22.0 Å². The summed E-state index contributed by atoms with van der Waals surface area (Å²) in [6, 6.07) is 18.7. The number of nitrogens with zero attached hydrogens (tertiary/aromatic N) is 1. The van der Waals surface area contributed by atoms with Crippen LogP contribution in [0.4, 0.5) is 5.69 Å². The van der Waals surface area contributed by atoms with Gasteiger partial charge in [0.15, 0.2) is 11.9 Å². The molecule has 0 amide bonds. The van der Waals surface area contributed by atoms with E-state index in [1.165, 1.54) is 0 Å². The predicted molar refractivity (Wildman–Crippen MR) is 108 cm³/mol. The van der Waals surface area contributed by atoms with Crippen molar-refractivity contribution in [3.63, 3.8) is 0 Å². The standard InChI is InChI=1S/C23H19NO4/c1-24(2)16-10-7-15(8-11-16)23-18(13-20(25)26)22(27)21-17-6-4-3-5-14(17)9-12-19(21)28-23/h3-13,23H,1-2H3,(H,25,26)/b18-13+. The third-order valence-corrected chi connectivity index (χ3v) is 4.90. The number of carboxylic acid groups (broad SMARTS) is 1. The number of ether oxygens (including phenoxy) is 1. The number of carbonyl (C=O) groups excluding carboxylic acids is 1. The quantitative estimate of drug-likeness (QED) is 0.696. The number of fused-ring (bicyclic) bond motifs is 3. The van der Waals surface area contributed by atoms with Crippen LogP contribution < -0.4 is 9.64 Å². The van der Waals surface area contributed by atoms with E-state index in [0.29, 0.717) is 11.3 Å². The Morgan fingerprint density at radius 2 is 1.75 bits per heavy atom. The largest absolute Gasteiger partial charge is 0.480 e. The maximum Gasteiger partial charge on any atom is 0.328 e. The van der Waals surface area contributed by atoms with E-state index < -0.39 is 12.1 Å². The van der Waals surface area contributed by atoms with Gasteiger partial charge >= 0.3 is 5.97 Å². The molecule has 1 N–H and O–H groups in total. The number of anilines is 1. The Kier molecular flexibility index (Phi) is 4.35. The number of carbonyl (C=O) groups is 2. The molecule has 1 aliphatic rings. The van der Waals surface area contributed by atoms with Crippen LogP contribution >= 0.6 is 0 Å². The van der Waals surface area contributed by atoms with Gasteiger partial charge in [-0.05, 0) is 34.5 Å². The summed E-state index contributed by atoms with van der Waals surface area (Å²) in [5, 5.41) is 11.0. The number of hydrogen-bond donors (Lipinski definition) is 1. The van der Waals surface area contributed by atoms with E-state index in [2.05, 4.69) is 0 Å². The third-order valence-electron chi connectivity index (χ3n) is 4.90. The highest BCUT2D eigenvalue weighted by atomic mass is 16.5. The minimum atomic E-state index is -1.18. The number of Topliss-reactive ketones (excluding diaryl/α,β-unsaturated/α-hetero) is 1. The Labute approximate surface area is 162 Å². The van der Waals surface area contributed by atoms with E-state index in [9.17, 15) is 14.7 Å². The topological polar surface area (TPSA) is 66.8 Å². The molecule has 1 atom stereocenters. The Hall–Kier alpha value is -3.60. The molecule has 3 aromatic carbocycles. The summed E-state index contributed by atoms with van der Waals surface area (Å²) in [6.45, 7) is 0. The molecule has 28 heavy (non-hydrogen) atoms. The second kappa shape index (κ2) is 6.85. The van der Waals surface area contributed by atoms with Gasteiger partial charge < -0.3 is 14.7 Å². The summed E-state index contributed by atoms with van der Waals surface area (Å²) >= 11 is 0. The maximum atomic E-state index is 13.3. The summed E-state index contributed by atoms with van der Waals surface area (Å²) in [4.78, 5) is 26.7. The molecule has 0 radical (unpaired) electrons. The van der Waals surface area contributed by atoms with Crippen molar-refractivity contribution in [2.45, 2.75) is 6.10 Å². The zero-order valence-corrected chi connectivity index (χ0v) is 15.5. The van der Waals surface area contributed by atoms with Crippen molar-refractivity contribution in [2.24, 2.45) is 0 Å². The van der Waals surface area contributed by atoms with Crippen LogP contribution in [0.3, 0.4) is 0 Å². The molecule has 0 saturated carbocycles. The molecule has 0 saturated heterocycles. The highest BCUT2D eigenvalue weighted by Gasteiger charge is 2.34. The van der Waals surface area contributed by atoms with Crippen LogP contribution in [-0.2, 0) is 4.79 Å². The molecule has 1 unspecified atom stereocenters. The molecule has 1 heterocycles. The number of benzene rings is 3. The normalized spacial score (nSPS) is 17.3. The first-order valence-corrected chi connectivity index (χ1v) is 8.90. The number of hydrogen-bond acceptors (Lipinski definition) is 4. The highest BCUT2D eigenvalue weighted by Crippen LogP contribution is 2.41. The van der Waals surface area contributed by atoms with Gasteiger partial charge in [0.2, 0.25) is 0 Å². The van der Waals surface area contributed by atoms with Gasteiger partial charge in [-0.1, -0.05) is 42.5 Å². The summed E-state index contributed by atoms with van der Waals surface area (Å²) in [7, 11) is 3.87. The molecular formula is C23H19NO4. The molecule has 140 valence electrons. The number of ketones is 1. The Bertz CT molecular complexity index is 1110. The minimum Gasteiger partial charge on any atom is -0.480 e. The lowest BCUT2D eigenvalue weighted by Gasteiger charge is -2.29. The monoisotopic (exact) mass is 373 g/mol. The molecule has 1 aliphatic heterocycles. The fourth-order valence-electron chi connectivity index (χ4n) is 3.51. The van der Waals surface area contributed by atoms with E-state index in [-0.39, 0.29) is 11.4 Å². The van der Waals surface area contributed by atoms with Gasteiger partial charge in [-0.2, -0.15) is 0 Å². The third kappa shape index (κ3) is 3.01. The molecule has 0 aromatic heterocycles. The molecule has 5 nitrogen and oxygen atoms in total. The minimum absolute atomic E-state index is 0.119. The first kappa shape index (κ1) is 17.8. The zero-order chi connectivity index (χ0) is 19.8. The van der Waals surface area contributed by atoms with Crippen LogP contribution in [0, 0.1) is 0 Å². The fourth-order valence-corrected chi connectivity index (χ4v) is 3.51. The van der Waals surface area contributed by atoms with Crippen molar-refractivity contribution in [3.8, 4) is 5.75 Å². The van der Waals surface area contributed by atoms with E-state index in [0.717, 1.165) is 28.1 Å². The van der Waals surface area contributed by atoms with Gasteiger partial charge in [-0.25, -0.2) is 4.79 Å². The lowest BCUT2D eigenvalue weighted by molar-refractivity contribution is -0.131. The molecule has 0 spiro atoms. The number of rotatable bonds is 3. The second-order valence-corrected chi connectivity index (χ2v) is 6.91. The maximum absolute atomic E-state index is 13.3. The molecule has 0 bridgehead atoms. The van der Waals surface area contributed by atoms with Crippen molar-refractivity contribution >= 4 is 28.2 Å². The SMILES string of the molecule is CN(C)c1ccc(C2Oc3ccc4ccccc4c3C(=O)/C2=C\C(=O)O)cc1. The Morgan fingerprint density at radius 1 is 1.04 bits per heavy atom. The first-order valence-electron chi connectivity index (χ1n) is 8.90. The Balaban J connectivity index is 1.87. The molecule has 0 aliphatic carbocycles. The molecule has 4 rings (SSSR count). The van der Waals surface area contributed by atoms with Gasteiger partial charge in [0.1, 0.15) is 5.75 Å². The van der Waals surface area contributed by atoms with Crippen molar-refractivity contribution in [2.75, 3.05) is 19.0 Å². The van der Waals surface area contributed by atoms with Crippen molar-refractivity contribution < 1.29 is 19.4 Å². The van der Waals surface area contributed by atoms with Gasteiger partial charge in [0.05, 0.1) is 11.1 Å². The average Bonchev–Trinajstić information content (AvgIpc) is 2.69. The average molecular weight is 373 g/mol. The van der Waals surface area contributed by atoms with Crippen molar-refractivity contribution in [1.29, 1.82) is 0 Å². The van der Waals surface area contributed by atoms with Crippen LogP contribution in [0.2, 0.25) is 0 Å². The van der Waals surface area contributed by atoms with Gasteiger partial charge in [0.25, 0.3) is 0 Å². The molecule has 0 fully saturated rings. The van der Waals surface area contributed by atoms with E-state index in [4.69, 9.17) is 4.74 Å². The predicted octanol–water partition coefficient (Wildman–Crippen LogP) is 4.23. The van der Waals surface area contributed by atoms with Crippen LogP contribution in [0.15, 0.2) is 72.3 Å². The summed E-state index contributed by atoms with van der Waals surface area (Å²) in [5.41, 5.74) is 2.26. The molecule has 3 aromatic rings. The van der Waals surface area contributed by atoms with Crippen molar-refractivity contribution in [1.82, 2.24) is 0 Å².